The third-order valence-corrected chi connectivity index (χ3v) is 3.19. The summed E-state index contributed by atoms with van der Waals surface area (Å²) in [4.78, 5) is 12.0. The molecule has 2 aromatic rings. The van der Waals surface area contributed by atoms with Crippen molar-refractivity contribution in [2.24, 2.45) is 0 Å². The number of carbonyl (C=O) groups excluding carboxylic acids is 1. The van der Waals surface area contributed by atoms with Crippen LogP contribution in [0.15, 0.2) is 35.1 Å². The minimum absolute atomic E-state index is 0.156. The molecule has 19 heavy (non-hydrogen) atoms. The highest BCUT2D eigenvalue weighted by Gasteiger charge is 2.17. The zero-order valence-corrected chi connectivity index (χ0v) is 12.1. The summed E-state index contributed by atoms with van der Waals surface area (Å²) in [7, 11) is 0. The molecule has 0 bridgehead atoms. The number of anilines is 1. The normalized spacial score (nSPS) is 12.2. The quantitative estimate of drug-likeness (QED) is 0.941. The maximum Gasteiger partial charge on any atom is 0.249 e. The first-order valence-electron chi connectivity index (χ1n) is 5.74. The molecular formula is C13H13BrFN3O. The standard InChI is InChI=1S/C13H13BrFN3O/c1-8-6-16-18(7-8)9(2)13(19)17-12-4-3-10(14)5-11(12)15/h3-7,9H,1-2H3,(H,17,19). The van der Waals surface area contributed by atoms with E-state index < -0.39 is 11.9 Å². The molecule has 0 aliphatic rings. The average molecular weight is 326 g/mol. The number of hydrogen-bond acceptors (Lipinski definition) is 2. The van der Waals surface area contributed by atoms with Gasteiger partial charge in [-0.25, -0.2) is 4.39 Å². The Hall–Kier alpha value is -1.69. The van der Waals surface area contributed by atoms with Crippen LogP contribution in [0.3, 0.4) is 0 Å². The van der Waals surface area contributed by atoms with E-state index >= 15 is 0 Å². The molecule has 0 aliphatic heterocycles. The minimum atomic E-state index is -0.503. The first-order valence-corrected chi connectivity index (χ1v) is 6.53. The SMILES string of the molecule is Cc1cnn(C(C)C(=O)Nc2ccc(Br)cc2F)c1. The van der Waals surface area contributed by atoms with Crippen molar-refractivity contribution in [1.82, 2.24) is 9.78 Å². The molecule has 1 atom stereocenters. The third kappa shape index (κ3) is 3.20. The summed E-state index contributed by atoms with van der Waals surface area (Å²) in [6.45, 7) is 3.60. The molecule has 1 aromatic carbocycles. The number of carbonyl (C=O) groups is 1. The van der Waals surface area contributed by atoms with Crippen LogP contribution < -0.4 is 5.32 Å². The lowest BCUT2D eigenvalue weighted by Gasteiger charge is -2.13. The Kier molecular flexibility index (Phi) is 3.99. The number of aromatic nitrogens is 2. The number of aryl methyl sites for hydroxylation is 1. The van der Waals surface area contributed by atoms with Gasteiger partial charge in [0, 0.05) is 10.7 Å². The fourth-order valence-electron chi connectivity index (χ4n) is 1.59. The molecule has 0 spiro atoms. The number of amides is 1. The van der Waals surface area contributed by atoms with E-state index in [0.29, 0.717) is 4.47 Å². The summed E-state index contributed by atoms with van der Waals surface area (Å²) in [5.41, 5.74) is 1.12. The van der Waals surface area contributed by atoms with Crippen LogP contribution in [0.25, 0.3) is 0 Å². The van der Waals surface area contributed by atoms with Crippen LogP contribution in [0.4, 0.5) is 10.1 Å². The van der Waals surface area contributed by atoms with E-state index in [4.69, 9.17) is 0 Å². The van der Waals surface area contributed by atoms with Crippen molar-refractivity contribution in [2.75, 3.05) is 5.32 Å². The van der Waals surface area contributed by atoms with Crippen LogP contribution in [-0.2, 0) is 4.79 Å². The van der Waals surface area contributed by atoms with E-state index in [1.165, 1.54) is 12.1 Å². The smallest absolute Gasteiger partial charge is 0.249 e. The van der Waals surface area contributed by atoms with Crippen molar-refractivity contribution in [3.8, 4) is 0 Å². The fourth-order valence-corrected chi connectivity index (χ4v) is 1.93. The summed E-state index contributed by atoms with van der Waals surface area (Å²) in [6, 6.07) is 3.98. The highest BCUT2D eigenvalue weighted by atomic mass is 79.9. The lowest BCUT2D eigenvalue weighted by atomic mass is 10.2. The molecule has 0 radical (unpaired) electrons. The molecule has 1 aromatic heterocycles. The Balaban J connectivity index is 2.12. The zero-order chi connectivity index (χ0) is 14.0. The zero-order valence-electron chi connectivity index (χ0n) is 10.5. The number of benzene rings is 1. The number of nitrogens with zero attached hydrogens (tertiary/aromatic N) is 2. The summed E-state index contributed by atoms with van der Waals surface area (Å²) in [5, 5.41) is 6.62. The van der Waals surface area contributed by atoms with Crippen LogP contribution >= 0.6 is 15.9 Å². The van der Waals surface area contributed by atoms with E-state index in [2.05, 4.69) is 26.3 Å². The van der Waals surface area contributed by atoms with Gasteiger partial charge in [-0.1, -0.05) is 15.9 Å². The molecule has 0 fully saturated rings. The van der Waals surface area contributed by atoms with Crippen molar-refractivity contribution in [3.63, 3.8) is 0 Å². The van der Waals surface area contributed by atoms with Crippen LogP contribution in [-0.4, -0.2) is 15.7 Å². The van der Waals surface area contributed by atoms with Crippen molar-refractivity contribution in [1.29, 1.82) is 0 Å². The molecule has 1 heterocycles. The molecule has 0 saturated heterocycles. The second-order valence-corrected chi connectivity index (χ2v) is 5.20. The number of rotatable bonds is 3. The molecular weight excluding hydrogens is 313 g/mol. The monoisotopic (exact) mass is 325 g/mol. The molecule has 1 unspecified atom stereocenters. The maximum atomic E-state index is 13.6. The van der Waals surface area contributed by atoms with E-state index in [1.807, 2.05) is 6.92 Å². The molecule has 0 saturated carbocycles. The third-order valence-electron chi connectivity index (χ3n) is 2.70. The van der Waals surface area contributed by atoms with Crippen LogP contribution in [0.2, 0.25) is 0 Å². The van der Waals surface area contributed by atoms with Gasteiger partial charge in [0.2, 0.25) is 5.91 Å². The van der Waals surface area contributed by atoms with Crippen molar-refractivity contribution in [3.05, 3.63) is 46.4 Å². The fraction of sp³-hybridized carbons (Fsp3) is 0.231. The Bertz CT molecular complexity index is 612. The molecule has 2 rings (SSSR count). The molecule has 100 valence electrons. The number of hydrogen-bond donors (Lipinski definition) is 1. The highest BCUT2D eigenvalue weighted by Crippen LogP contribution is 2.20. The molecule has 6 heteroatoms. The Labute approximate surface area is 118 Å². The van der Waals surface area contributed by atoms with Gasteiger partial charge in [0.25, 0.3) is 0 Å². The topological polar surface area (TPSA) is 46.9 Å². The summed E-state index contributed by atoms with van der Waals surface area (Å²) in [6.07, 6.45) is 3.44. The lowest BCUT2D eigenvalue weighted by molar-refractivity contribution is -0.119. The minimum Gasteiger partial charge on any atom is -0.322 e. The largest absolute Gasteiger partial charge is 0.322 e. The van der Waals surface area contributed by atoms with Crippen molar-refractivity contribution < 1.29 is 9.18 Å². The van der Waals surface area contributed by atoms with E-state index in [0.717, 1.165) is 5.56 Å². The Morgan fingerprint density at radius 3 is 2.84 bits per heavy atom. The lowest BCUT2D eigenvalue weighted by Crippen LogP contribution is -2.24. The van der Waals surface area contributed by atoms with Gasteiger partial charge in [-0.2, -0.15) is 5.10 Å². The van der Waals surface area contributed by atoms with Crippen LogP contribution in [0.5, 0.6) is 0 Å². The van der Waals surface area contributed by atoms with E-state index in [9.17, 15) is 9.18 Å². The number of nitrogens with one attached hydrogen (secondary N) is 1. The molecule has 4 nitrogen and oxygen atoms in total. The van der Waals surface area contributed by atoms with Gasteiger partial charge >= 0.3 is 0 Å². The highest BCUT2D eigenvalue weighted by molar-refractivity contribution is 9.10. The maximum absolute atomic E-state index is 13.6. The van der Waals surface area contributed by atoms with Crippen LogP contribution in [0, 0.1) is 12.7 Å². The molecule has 1 N–H and O–H groups in total. The first-order chi connectivity index (χ1) is 8.97. The first kappa shape index (κ1) is 13.7. The predicted molar refractivity (Wildman–Crippen MR) is 74.4 cm³/mol. The molecule has 1 amide bonds. The van der Waals surface area contributed by atoms with Gasteiger partial charge in [-0.05, 0) is 37.6 Å². The van der Waals surface area contributed by atoms with Gasteiger partial charge in [-0.3, -0.25) is 9.48 Å². The second-order valence-electron chi connectivity index (χ2n) is 4.29. The molecule has 0 aliphatic carbocycles. The van der Waals surface area contributed by atoms with Gasteiger partial charge in [0.1, 0.15) is 11.9 Å². The van der Waals surface area contributed by atoms with Crippen LogP contribution in [0.1, 0.15) is 18.5 Å². The van der Waals surface area contributed by atoms with Gasteiger partial charge in [0.05, 0.1) is 11.9 Å². The van der Waals surface area contributed by atoms with Gasteiger partial charge < -0.3 is 5.32 Å². The van der Waals surface area contributed by atoms with Crippen molar-refractivity contribution in [2.45, 2.75) is 19.9 Å². The summed E-state index contributed by atoms with van der Waals surface area (Å²) >= 11 is 3.16. The summed E-state index contributed by atoms with van der Waals surface area (Å²) in [5.74, 6) is -0.795. The van der Waals surface area contributed by atoms with Crippen molar-refractivity contribution >= 4 is 27.5 Å². The average Bonchev–Trinajstić information content (AvgIpc) is 2.78. The Morgan fingerprint density at radius 1 is 1.53 bits per heavy atom. The Morgan fingerprint density at radius 2 is 2.26 bits per heavy atom. The number of halogens is 2. The van der Waals surface area contributed by atoms with E-state index in [-0.39, 0.29) is 11.6 Å². The van der Waals surface area contributed by atoms with E-state index in [1.54, 1.807) is 30.1 Å². The van der Waals surface area contributed by atoms with Gasteiger partial charge in [-0.15, -0.1) is 0 Å². The summed E-state index contributed by atoms with van der Waals surface area (Å²) < 4.78 is 15.8. The van der Waals surface area contributed by atoms with Gasteiger partial charge in [0.15, 0.2) is 0 Å². The second kappa shape index (κ2) is 5.52. The predicted octanol–water partition coefficient (Wildman–Crippen LogP) is 3.29.